The Morgan fingerprint density at radius 2 is 1.74 bits per heavy atom. The van der Waals surface area contributed by atoms with Gasteiger partial charge in [0.05, 0.1) is 0 Å². The van der Waals surface area contributed by atoms with Crippen molar-refractivity contribution in [2.45, 2.75) is 50.7 Å². The molecule has 2 heterocycles. The first-order valence-corrected chi connectivity index (χ1v) is 9.30. The van der Waals surface area contributed by atoms with E-state index in [1.54, 1.807) is 6.07 Å². The van der Waals surface area contributed by atoms with Crippen molar-refractivity contribution >= 4 is 0 Å². The van der Waals surface area contributed by atoms with Crippen molar-refractivity contribution in [3.05, 3.63) is 77.4 Å². The topological polar surface area (TPSA) is 12.5 Å². The Morgan fingerprint density at radius 1 is 0.963 bits per heavy atom. The van der Waals surface area contributed by atoms with E-state index in [2.05, 4.69) is 40.0 Å². The maximum atomic E-state index is 12.4. The Morgan fingerprint density at radius 3 is 2.48 bits per heavy atom. The monoisotopic (exact) mass is 373 g/mol. The van der Waals surface area contributed by atoms with Crippen LogP contribution in [0.1, 0.15) is 30.4 Å². The minimum Gasteiger partial charge on any atom is -0.406 e. The van der Waals surface area contributed by atoms with Gasteiger partial charge in [-0.3, -0.25) is 4.90 Å². The standard InChI is InChI=1S/C22H22F3NO/c23-22(24,25)27-21-8-4-7-17(14-21)11-18-12-19-9-10-20(13-18)26(19)15-16-5-2-1-3-6-16/h1-8,12,14,19-20H,9-11,13,15H2. The fourth-order valence-corrected chi connectivity index (χ4v) is 4.29. The largest absolute Gasteiger partial charge is 0.573 e. The first kappa shape index (κ1) is 18.1. The van der Waals surface area contributed by atoms with Crippen molar-refractivity contribution in [2.75, 3.05) is 0 Å². The van der Waals surface area contributed by atoms with Gasteiger partial charge in [-0.15, -0.1) is 13.2 Å². The van der Waals surface area contributed by atoms with E-state index in [9.17, 15) is 13.2 Å². The molecule has 1 fully saturated rings. The van der Waals surface area contributed by atoms with Crippen molar-refractivity contribution < 1.29 is 17.9 Å². The lowest BCUT2D eigenvalue weighted by Gasteiger charge is -2.34. The number of rotatable bonds is 5. The molecule has 0 N–H and O–H groups in total. The van der Waals surface area contributed by atoms with E-state index < -0.39 is 6.36 Å². The van der Waals surface area contributed by atoms with Crippen LogP contribution in [0, 0.1) is 0 Å². The second kappa shape index (κ2) is 7.39. The highest BCUT2D eigenvalue weighted by Gasteiger charge is 2.36. The lowest BCUT2D eigenvalue weighted by Crippen LogP contribution is -2.38. The van der Waals surface area contributed by atoms with Gasteiger partial charge in [-0.05, 0) is 48.9 Å². The maximum Gasteiger partial charge on any atom is 0.573 e. The van der Waals surface area contributed by atoms with E-state index in [1.165, 1.54) is 29.7 Å². The van der Waals surface area contributed by atoms with Crippen molar-refractivity contribution in [1.29, 1.82) is 0 Å². The number of hydrogen-bond acceptors (Lipinski definition) is 2. The predicted octanol–water partition coefficient (Wildman–Crippen LogP) is 5.49. The summed E-state index contributed by atoms with van der Waals surface area (Å²) in [6, 6.07) is 17.7. The Bertz CT molecular complexity index is 816. The average Bonchev–Trinajstić information content (AvgIpc) is 2.84. The van der Waals surface area contributed by atoms with Crippen LogP contribution in [0.5, 0.6) is 5.75 Å². The zero-order valence-corrected chi connectivity index (χ0v) is 15.0. The van der Waals surface area contributed by atoms with E-state index in [4.69, 9.17) is 0 Å². The Balaban J connectivity index is 1.44. The Hall–Kier alpha value is -2.27. The zero-order chi connectivity index (χ0) is 18.9. The molecule has 2 nitrogen and oxygen atoms in total. The molecule has 4 rings (SSSR count). The van der Waals surface area contributed by atoms with Crippen LogP contribution >= 0.6 is 0 Å². The molecule has 0 amide bonds. The molecule has 0 aliphatic carbocycles. The second-order valence-electron chi connectivity index (χ2n) is 7.36. The molecule has 142 valence electrons. The van der Waals surface area contributed by atoms with Crippen LogP contribution in [0.25, 0.3) is 0 Å². The number of nitrogens with zero attached hydrogens (tertiary/aromatic N) is 1. The molecule has 0 spiro atoms. The van der Waals surface area contributed by atoms with Gasteiger partial charge in [0, 0.05) is 18.6 Å². The number of halogens is 3. The van der Waals surface area contributed by atoms with Gasteiger partial charge in [0.25, 0.3) is 0 Å². The highest BCUT2D eigenvalue weighted by Crippen LogP contribution is 2.37. The van der Waals surface area contributed by atoms with Crippen molar-refractivity contribution in [3.8, 4) is 5.75 Å². The van der Waals surface area contributed by atoms with Crippen LogP contribution in [-0.2, 0) is 13.0 Å². The molecule has 2 unspecified atom stereocenters. The number of hydrogen-bond donors (Lipinski definition) is 0. The summed E-state index contributed by atoms with van der Waals surface area (Å²) in [6.45, 7) is 0.953. The maximum absolute atomic E-state index is 12.4. The van der Waals surface area contributed by atoms with E-state index in [-0.39, 0.29) is 5.75 Å². The smallest absolute Gasteiger partial charge is 0.406 e. The Labute approximate surface area is 157 Å². The molecular weight excluding hydrogens is 351 g/mol. The van der Waals surface area contributed by atoms with E-state index in [1.807, 2.05) is 12.1 Å². The third-order valence-electron chi connectivity index (χ3n) is 5.39. The van der Waals surface area contributed by atoms with E-state index >= 15 is 0 Å². The first-order valence-electron chi connectivity index (χ1n) is 9.30. The SMILES string of the molecule is FC(F)(F)Oc1cccc(CC2=CC3CCC(C2)N3Cc2ccccc2)c1. The van der Waals surface area contributed by atoms with Crippen molar-refractivity contribution in [1.82, 2.24) is 4.90 Å². The normalized spacial score (nSPS) is 22.6. The predicted molar refractivity (Wildman–Crippen MR) is 98.3 cm³/mol. The quantitative estimate of drug-likeness (QED) is 0.643. The summed E-state index contributed by atoms with van der Waals surface area (Å²) >= 11 is 0. The number of fused-ring (bicyclic) bond motifs is 2. The molecule has 0 aromatic heterocycles. The van der Waals surface area contributed by atoms with E-state index in [0.29, 0.717) is 18.5 Å². The third-order valence-corrected chi connectivity index (χ3v) is 5.39. The lowest BCUT2D eigenvalue weighted by atomic mass is 9.94. The minimum atomic E-state index is -4.65. The Kier molecular flexibility index (Phi) is 4.96. The molecule has 27 heavy (non-hydrogen) atoms. The van der Waals surface area contributed by atoms with Gasteiger partial charge < -0.3 is 4.74 Å². The molecule has 2 aromatic carbocycles. The molecule has 0 saturated carbocycles. The molecule has 0 radical (unpaired) electrons. The van der Waals surface area contributed by atoms with Crippen LogP contribution in [-0.4, -0.2) is 23.3 Å². The van der Waals surface area contributed by atoms with Crippen molar-refractivity contribution in [2.24, 2.45) is 0 Å². The second-order valence-corrected chi connectivity index (χ2v) is 7.36. The fourth-order valence-electron chi connectivity index (χ4n) is 4.29. The van der Waals surface area contributed by atoms with Gasteiger partial charge in [-0.25, -0.2) is 0 Å². The summed E-state index contributed by atoms with van der Waals surface area (Å²) < 4.78 is 41.3. The summed E-state index contributed by atoms with van der Waals surface area (Å²) in [5.74, 6) is -0.148. The molecule has 2 aromatic rings. The zero-order valence-electron chi connectivity index (χ0n) is 15.0. The number of benzene rings is 2. The van der Waals surface area contributed by atoms with Crippen LogP contribution in [0.4, 0.5) is 13.2 Å². The summed E-state index contributed by atoms with van der Waals surface area (Å²) in [4.78, 5) is 2.56. The van der Waals surface area contributed by atoms with Crippen LogP contribution in [0.3, 0.4) is 0 Å². The van der Waals surface area contributed by atoms with Gasteiger partial charge in [0.15, 0.2) is 0 Å². The molecule has 2 aliphatic heterocycles. The molecule has 1 saturated heterocycles. The summed E-state index contributed by atoms with van der Waals surface area (Å²) in [7, 11) is 0. The molecule has 2 bridgehead atoms. The highest BCUT2D eigenvalue weighted by atomic mass is 19.4. The van der Waals surface area contributed by atoms with Gasteiger partial charge in [-0.2, -0.15) is 0 Å². The van der Waals surface area contributed by atoms with Crippen LogP contribution in [0.15, 0.2) is 66.2 Å². The van der Waals surface area contributed by atoms with Crippen LogP contribution in [0.2, 0.25) is 0 Å². The van der Waals surface area contributed by atoms with Gasteiger partial charge in [0.1, 0.15) is 5.75 Å². The van der Waals surface area contributed by atoms with Crippen molar-refractivity contribution in [3.63, 3.8) is 0 Å². The van der Waals surface area contributed by atoms with E-state index in [0.717, 1.165) is 24.9 Å². The van der Waals surface area contributed by atoms with Gasteiger partial charge in [0.2, 0.25) is 0 Å². The first-order chi connectivity index (χ1) is 13.0. The minimum absolute atomic E-state index is 0.148. The number of alkyl halides is 3. The lowest BCUT2D eigenvalue weighted by molar-refractivity contribution is -0.274. The summed E-state index contributed by atoms with van der Waals surface area (Å²) in [6.07, 6.45) is 1.66. The molecule has 5 heteroatoms. The summed E-state index contributed by atoms with van der Waals surface area (Å²) in [5.41, 5.74) is 3.50. The third kappa shape index (κ3) is 4.53. The van der Waals surface area contributed by atoms with Gasteiger partial charge >= 0.3 is 6.36 Å². The average molecular weight is 373 g/mol. The fraction of sp³-hybridized carbons (Fsp3) is 0.364. The molecule has 2 aliphatic rings. The molecule has 2 atom stereocenters. The van der Waals surface area contributed by atoms with Gasteiger partial charge in [-0.1, -0.05) is 54.1 Å². The van der Waals surface area contributed by atoms with Crippen LogP contribution < -0.4 is 4.74 Å². The number of ether oxygens (including phenoxy) is 1. The summed E-state index contributed by atoms with van der Waals surface area (Å²) in [5, 5.41) is 0. The highest BCUT2D eigenvalue weighted by molar-refractivity contribution is 5.33. The molecular formula is C22H22F3NO.